The Kier molecular flexibility index (Phi) is 5.46. The van der Waals surface area contributed by atoms with Gasteiger partial charge in [-0.25, -0.2) is 0 Å². The molecule has 0 spiro atoms. The molecule has 3 N–H and O–H groups in total. The number of hydrazine groups is 1. The van der Waals surface area contributed by atoms with Crippen molar-refractivity contribution in [1.82, 2.24) is 5.43 Å². The molecule has 1 atom stereocenters. The van der Waals surface area contributed by atoms with Crippen LogP contribution in [0.5, 0.6) is 5.75 Å². The molecule has 0 bridgehead atoms. The molecule has 0 aromatic heterocycles. The van der Waals surface area contributed by atoms with Crippen molar-refractivity contribution >= 4 is 12.4 Å². The highest BCUT2D eigenvalue weighted by Gasteiger charge is 2.01. The Hall–Kier alpha value is -0.770. The molecule has 1 aromatic rings. The summed E-state index contributed by atoms with van der Waals surface area (Å²) >= 11 is 0. The van der Waals surface area contributed by atoms with Gasteiger partial charge in [0.15, 0.2) is 0 Å². The second kappa shape index (κ2) is 5.80. The maximum atomic E-state index is 5.29. The molecule has 1 aromatic carbocycles. The summed E-state index contributed by atoms with van der Waals surface area (Å²) in [7, 11) is 1.65. The lowest BCUT2D eigenvalue weighted by atomic mass is 10.1. The molecule has 1 unspecified atom stereocenters. The van der Waals surface area contributed by atoms with Gasteiger partial charge in [-0.2, -0.15) is 0 Å². The molecule has 3 nitrogen and oxygen atoms in total. The zero-order valence-electron chi connectivity index (χ0n) is 7.78. The molecular formula is C9H15ClN2O. The van der Waals surface area contributed by atoms with Crippen molar-refractivity contribution < 1.29 is 4.74 Å². The quantitative estimate of drug-likeness (QED) is 0.579. The van der Waals surface area contributed by atoms with Crippen molar-refractivity contribution in [2.24, 2.45) is 5.84 Å². The van der Waals surface area contributed by atoms with Crippen molar-refractivity contribution in [3.63, 3.8) is 0 Å². The average molecular weight is 203 g/mol. The molecule has 0 heterocycles. The number of methoxy groups -OCH3 is 1. The van der Waals surface area contributed by atoms with E-state index in [1.165, 1.54) is 0 Å². The van der Waals surface area contributed by atoms with E-state index in [0.717, 1.165) is 11.3 Å². The second-order valence-electron chi connectivity index (χ2n) is 2.66. The number of halogens is 1. The van der Waals surface area contributed by atoms with Crippen molar-refractivity contribution in [1.29, 1.82) is 0 Å². The summed E-state index contributed by atoms with van der Waals surface area (Å²) in [5, 5.41) is 0. The van der Waals surface area contributed by atoms with Gasteiger partial charge in [-0.05, 0) is 24.6 Å². The monoisotopic (exact) mass is 202 g/mol. The van der Waals surface area contributed by atoms with Gasteiger partial charge in [-0.1, -0.05) is 12.1 Å². The first-order valence-corrected chi connectivity index (χ1v) is 3.88. The Morgan fingerprint density at radius 2 is 1.85 bits per heavy atom. The number of ether oxygens (including phenoxy) is 1. The standard InChI is InChI=1S/C9H14N2O.ClH/c1-7(11-10)8-3-5-9(12-2)6-4-8;/h3-7,11H,10H2,1-2H3;1H. The first kappa shape index (κ1) is 12.2. The maximum absolute atomic E-state index is 5.29. The van der Waals surface area contributed by atoms with Crippen LogP contribution in [0.4, 0.5) is 0 Å². The van der Waals surface area contributed by atoms with Gasteiger partial charge in [0.25, 0.3) is 0 Å². The molecule has 1 rings (SSSR count). The van der Waals surface area contributed by atoms with Gasteiger partial charge in [0.05, 0.1) is 7.11 Å². The first-order chi connectivity index (χ1) is 5.77. The fourth-order valence-corrected chi connectivity index (χ4v) is 0.989. The summed E-state index contributed by atoms with van der Waals surface area (Å²) in [6, 6.07) is 8.00. The van der Waals surface area contributed by atoms with E-state index in [1.54, 1.807) is 7.11 Å². The van der Waals surface area contributed by atoms with Gasteiger partial charge >= 0.3 is 0 Å². The molecule has 4 heteroatoms. The fraction of sp³-hybridized carbons (Fsp3) is 0.333. The van der Waals surface area contributed by atoms with E-state index in [0.29, 0.717) is 0 Å². The summed E-state index contributed by atoms with van der Waals surface area (Å²) in [5.74, 6) is 6.16. The van der Waals surface area contributed by atoms with Crippen molar-refractivity contribution in [3.8, 4) is 5.75 Å². The van der Waals surface area contributed by atoms with Gasteiger partial charge in [0.2, 0.25) is 0 Å². The van der Waals surface area contributed by atoms with Gasteiger partial charge in [0.1, 0.15) is 5.75 Å². The highest BCUT2D eigenvalue weighted by atomic mass is 35.5. The van der Waals surface area contributed by atoms with E-state index in [4.69, 9.17) is 10.6 Å². The second-order valence-corrected chi connectivity index (χ2v) is 2.66. The Labute approximate surface area is 84.7 Å². The number of benzene rings is 1. The Bertz CT molecular complexity index is 238. The van der Waals surface area contributed by atoms with Gasteiger partial charge < -0.3 is 4.74 Å². The largest absolute Gasteiger partial charge is 0.497 e. The summed E-state index contributed by atoms with van der Waals surface area (Å²) in [6.45, 7) is 2.00. The summed E-state index contributed by atoms with van der Waals surface area (Å²) in [4.78, 5) is 0. The molecule has 0 saturated carbocycles. The van der Waals surface area contributed by atoms with Gasteiger partial charge in [-0.15, -0.1) is 12.4 Å². The number of hydrogen-bond donors (Lipinski definition) is 2. The van der Waals surface area contributed by atoms with Crippen LogP contribution in [-0.4, -0.2) is 7.11 Å². The van der Waals surface area contributed by atoms with E-state index in [2.05, 4.69) is 5.43 Å². The molecule has 0 aliphatic carbocycles. The van der Waals surface area contributed by atoms with Crippen molar-refractivity contribution in [3.05, 3.63) is 29.8 Å². The molecule has 0 aliphatic heterocycles. The smallest absolute Gasteiger partial charge is 0.118 e. The number of rotatable bonds is 3. The topological polar surface area (TPSA) is 47.3 Å². The SMILES string of the molecule is COc1ccc(C(C)NN)cc1.Cl. The molecule has 0 amide bonds. The van der Waals surface area contributed by atoms with Crippen LogP contribution in [0.15, 0.2) is 24.3 Å². The predicted molar refractivity (Wildman–Crippen MR) is 56.0 cm³/mol. The molecule has 0 saturated heterocycles. The Balaban J connectivity index is 0.00000144. The maximum Gasteiger partial charge on any atom is 0.118 e. The highest BCUT2D eigenvalue weighted by molar-refractivity contribution is 5.85. The van der Waals surface area contributed by atoms with E-state index in [9.17, 15) is 0 Å². The number of hydrogen-bond acceptors (Lipinski definition) is 3. The summed E-state index contributed by atoms with van der Waals surface area (Å²) in [5.41, 5.74) is 3.83. The minimum atomic E-state index is 0. The number of nitrogens with two attached hydrogens (primary N) is 1. The van der Waals surface area contributed by atoms with Gasteiger partial charge in [0, 0.05) is 6.04 Å². The summed E-state index contributed by atoms with van der Waals surface area (Å²) in [6.07, 6.45) is 0. The minimum absolute atomic E-state index is 0. The summed E-state index contributed by atoms with van der Waals surface area (Å²) < 4.78 is 5.03. The third kappa shape index (κ3) is 3.22. The van der Waals surface area contributed by atoms with Crippen LogP contribution in [0.25, 0.3) is 0 Å². The fourth-order valence-electron chi connectivity index (χ4n) is 0.989. The van der Waals surface area contributed by atoms with E-state index in [-0.39, 0.29) is 18.4 Å². The average Bonchev–Trinajstić information content (AvgIpc) is 2.17. The van der Waals surface area contributed by atoms with Crippen LogP contribution < -0.4 is 16.0 Å². The lowest BCUT2D eigenvalue weighted by Crippen LogP contribution is -2.25. The predicted octanol–water partition coefficient (Wildman–Crippen LogP) is 1.64. The molecule has 0 radical (unpaired) electrons. The highest BCUT2D eigenvalue weighted by Crippen LogP contribution is 2.16. The Morgan fingerprint density at radius 3 is 2.23 bits per heavy atom. The van der Waals surface area contributed by atoms with Crippen LogP contribution in [0.2, 0.25) is 0 Å². The van der Waals surface area contributed by atoms with E-state index in [1.807, 2.05) is 31.2 Å². The van der Waals surface area contributed by atoms with E-state index >= 15 is 0 Å². The van der Waals surface area contributed by atoms with Gasteiger partial charge in [-0.3, -0.25) is 11.3 Å². The third-order valence-corrected chi connectivity index (χ3v) is 1.87. The van der Waals surface area contributed by atoms with Crippen LogP contribution >= 0.6 is 12.4 Å². The molecule has 0 fully saturated rings. The molecule has 0 aliphatic rings. The Morgan fingerprint density at radius 1 is 1.31 bits per heavy atom. The first-order valence-electron chi connectivity index (χ1n) is 3.88. The van der Waals surface area contributed by atoms with Crippen LogP contribution in [-0.2, 0) is 0 Å². The third-order valence-electron chi connectivity index (χ3n) is 1.87. The molecule has 74 valence electrons. The lowest BCUT2D eigenvalue weighted by molar-refractivity contribution is 0.414. The molecule has 13 heavy (non-hydrogen) atoms. The van der Waals surface area contributed by atoms with Crippen molar-refractivity contribution in [2.75, 3.05) is 7.11 Å². The zero-order chi connectivity index (χ0) is 8.97. The normalized spacial score (nSPS) is 11.6. The zero-order valence-corrected chi connectivity index (χ0v) is 8.60. The molecular weight excluding hydrogens is 188 g/mol. The van der Waals surface area contributed by atoms with Crippen LogP contribution in [0.1, 0.15) is 18.5 Å². The van der Waals surface area contributed by atoms with Crippen LogP contribution in [0.3, 0.4) is 0 Å². The van der Waals surface area contributed by atoms with Crippen LogP contribution in [0, 0.1) is 0 Å². The van der Waals surface area contributed by atoms with E-state index < -0.39 is 0 Å². The van der Waals surface area contributed by atoms with Crippen molar-refractivity contribution in [2.45, 2.75) is 13.0 Å². The minimum Gasteiger partial charge on any atom is -0.497 e. The number of nitrogens with one attached hydrogen (secondary N) is 1. The lowest BCUT2D eigenvalue weighted by Gasteiger charge is -2.10.